The van der Waals surface area contributed by atoms with E-state index in [9.17, 15) is 14.0 Å². The summed E-state index contributed by atoms with van der Waals surface area (Å²) in [4.78, 5) is 30.4. The summed E-state index contributed by atoms with van der Waals surface area (Å²) in [7, 11) is 0. The molecule has 3 aromatic rings. The molecule has 2 aliphatic carbocycles. The topological polar surface area (TPSA) is 61.2 Å². The lowest BCUT2D eigenvalue weighted by Gasteiger charge is -2.20. The van der Waals surface area contributed by atoms with Gasteiger partial charge in [0.05, 0.1) is 22.5 Å². The van der Waals surface area contributed by atoms with E-state index in [1.165, 1.54) is 35.3 Å². The van der Waals surface area contributed by atoms with E-state index >= 15 is 0 Å². The van der Waals surface area contributed by atoms with Crippen LogP contribution in [0.3, 0.4) is 0 Å². The van der Waals surface area contributed by atoms with Crippen LogP contribution in [0.25, 0.3) is 16.6 Å². The molecular weight excluding hydrogens is 371 g/mol. The summed E-state index contributed by atoms with van der Waals surface area (Å²) < 4.78 is 20.4. The maximum Gasteiger partial charge on any atom is 0.309 e. The highest BCUT2D eigenvalue weighted by Crippen LogP contribution is 2.48. The van der Waals surface area contributed by atoms with Gasteiger partial charge in [0.15, 0.2) is 5.82 Å². The molecule has 0 N–H and O–H groups in total. The van der Waals surface area contributed by atoms with E-state index in [4.69, 9.17) is 4.74 Å². The Bertz CT molecular complexity index is 1140. The number of esters is 1. The number of aromatic nitrogens is 2. The number of ether oxygens (including phenoxy) is 1. The Labute approximate surface area is 167 Å². The van der Waals surface area contributed by atoms with Crippen molar-refractivity contribution in [3.05, 3.63) is 70.5 Å². The van der Waals surface area contributed by atoms with Crippen molar-refractivity contribution in [2.75, 3.05) is 0 Å². The number of rotatable bonds is 4. The van der Waals surface area contributed by atoms with Gasteiger partial charge in [-0.2, -0.15) is 0 Å². The van der Waals surface area contributed by atoms with Crippen LogP contribution in [-0.2, 0) is 16.1 Å². The monoisotopic (exact) mass is 392 g/mol. The van der Waals surface area contributed by atoms with Gasteiger partial charge in [0, 0.05) is 0 Å². The highest BCUT2D eigenvalue weighted by atomic mass is 19.1. The van der Waals surface area contributed by atoms with Gasteiger partial charge in [-0.05, 0) is 67.5 Å². The zero-order chi connectivity index (χ0) is 20.0. The number of carbonyl (C=O) groups excluding carboxylic acids is 1. The molecule has 2 aliphatic rings. The third-order valence-corrected chi connectivity index (χ3v) is 6.31. The summed E-state index contributed by atoms with van der Waals surface area (Å²) in [5.41, 5.74) is 0.760. The first-order valence-electron chi connectivity index (χ1n) is 10.0. The van der Waals surface area contributed by atoms with Gasteiger partial charge < -0.3 is 4.74 Å². The lowest BCUT2D eigenvalue weighted by molar-refractivity contribution is -0.152. The minimum absolute atomic E-state index is 0.0415. The van der Waals surface area contributed by atoms with Crippen LogP contribution in [0.1, 0.15) is 31.5 Å². The zero-order valence-corrected chi connectivity index (χ0v) is 15.9. The number of hydrogen-bond donors (Lipinski definition) is 0. The summed E-state index contributed by atoms with van der Waals surface area (Å²) in [5.74, 6) is 0.771. The van der Waals surface area contributed by atoms with E-state index in [2.05, 4.69) is 4.98 Å². The third-order valence-electron chi connectivity index (χ3n) is 6.31. The van der Waals surface area contributed by atoms with E-state index in [0.29, 0.717) is 34.3 Å². The Morgan fingerprint density at radius 3 is 2.62 bits per heavy atom. The molecule has 1 aromatic heterocycles. The second kappa shape index (κ2) is 7.10. The van der Waals surface area contributed by atoms with E-state index in [-0.39, 0.29) is 29.9 Å². The summed E-state index contributed by atoms with van der Waals surface area (Å²) >= 11 is 0. The number of halogens is 1. The molecule has 0 unspecified atom stereocenters. The molecule has 0 aliphatic heterocycles. The van der Waals surface area contributed by atoms with Crippen LogP contribution in [0.4, 0.5) is 4.39 Å². The fraction of sp³-hybridized carbons (Fsp3) is 0.348. The van der Waals surface area contributed by atoms with Crippen molar-refractivity contribution < 1.29 is 13.9 Å². The molecule has 2 aromatic carbocycles. The first-order valence-corrected chi connectivity index (χ1v) is 10.0. The van der Waals surface area contributed by atoms with E-state index in [1.54, 1.807) is 18.2 Å². The molecule has 5 rings (SSSR count). The number of fused-ring (bicyclic) bond motifs is 3. The minimum atomic E-state index is -0.389. The fourth-order valence-electron chi connectivity index (χ4n) is 4.91. The molecule has 148 valence electrons. The normalized spacial score (nSPS) is 22.9. The van der Waals surface area contributed by atoms with E-state index < -0.39 is 0 Å². The molecule has 2 fully saturated rings. The molecule has 3 atom stereocenters. The Kier molecular flexibility index (Phi) is 4.42. The van der Waals surface area contributed by atoms with Crippen LogP contribution in [-0.4, -0.2) is 15.5 Å². The predicted octanol–water partition coefficient (Wildman–Crippen LogP) is 4.00. The van der Waals surface area contributed by atoms with Crippen molar-refractivity contribution in [2.45, 2.75) is 32.3 Å². The molecule has 6 heteroatoms. The molecule has 2 bridgehead atoms. The maximum atomic E-state index is 13.4. The molecule has 5 nitrogen and oxygen atoms in total. The highest BCUT2D eigenvalue weighted by Gasteiger charge is 2.44. The first kappa shape index (κ1) is 18.0. The molecule has 1 heterocycles. The van der Waals surface area contributed by atoms with E-state index in [1.807, 2.05) is 6.07 Å². The summed E-state index contributed by atoms with van der Waals surface area (Å²) in [5, 5.41) is 0.458. The predicted molar refractivity (Wildman–Crippen MR) is 106 cm³/mol. The average Bonchev–Trinajstić information content (AvgIpc) is 3.37. The van der Waals surface area contributed by atoms with Gasteiger partial charge in [0.25, 0.3) is 5.56 Å². The van der Waals surface area contributed by atoms with Gasteiger partial charge in [-0.25, -0.2) is 9.37 Å². The molecule has 2 saturated carbocycles. The van der Waals surface area contributed by atoms with Crippen LogP contribution in [0.15, 0.2) is 53.3 Å². The van der Waals surface area contributed by atoms with Crippen molar-refractivity contribution in [2.24, 2.45) is 17.8 Å². The van der Waals surface area contributed by atoms with Crippen molar-refractivity contribution in [3.63, 3.8) is 0 Å². The standard InChI is InChI=1S/C23H21FN2O3/c24-16-7-9-17(10-8-16)26-21(25-20-4-2-1-3-18(20)22(26)27)13-29-23(28)19-12-14-5-6-15(19)11-14/h1-4,7-10,14-15,19H,5-6,11-13H2/t14-,15-,19-/m0/s1. The second-order valence-corrected chi connectivity index (χ2v) is 8.05. The maximum absolute atomic E-state index is 13.4. The second-order valence-electron chi connectivity index (χ2n) is 8.05. The summed E-state index contributed by atoms with van der Waals surface area (Å²) in [6.07, 6.45) is 4.33. The van der Waals surface area contributed by atoms with Crippen LogP contribution < -0.4 is 5.56 Å². The van der Waals surface area contributed by atoms with Crippen LogP contribution >= 0.6 is 0 Å². The quantitative estimate of drug-likeness (QED) is 0.630. The lowest BCUT2D eigenvalue weighted by Crippen LogP contribution is -2.27. The Morgan fingerprint density at radius 2 is 1.90 bits per heavy atom. The van der Waals surface area contributed by atoms with Gasteiger partial charge >= 0.3 is 5.97 Å². The number of benzene rings is 2. The fourth-order valence-corrected chi connectivity index (χ4v) is 4.91. The third kappa shape index (κ3) is 3.22. The number of hydrogen-bond acceptors (Lipinski definition) is 4. The van der Waals surface area contributed by atoms with Gasteiger partial charge in [0.2, 0.25) is 0 Å². The molecule has 0 spiro atoms. The van der Waals surface area contributed by atoms with Crippen LogP contribution in [0.5, 0.6) is 0 Å². The van der Waals surface area contributed by atoms with E-state index in [0.717, 1.165) is 19.3 Å². The van der Waals surface area contributed by atoms with Gasteiger partial charge in [-0.3, -0.25) is 14.2 Å². The average molecular weight is 392 g/mol. The molecule has 0 radical (unpaired) electrons. The summed E-state index contributed by atoms with van der Waals surface area (Å²) in [6.45, 7) is -0.0931. The molecular formula is C23H21FN2O3. The Balaban J connectivity index is 1.50. The molecule has 0 saturated heterocycles. The lowest BCUT2D eigenvalue weighted by atomic mass is 9.89. The van der Waals surface area contributed by atoms with Gasteiger partial charge in [0.1, 0.15) is 12.4 Å². The number of carbonyl (C=O) groups is 1. The largest absolute Gasteiger partial charge is 0.457 e. The molecule has 29 heavy (non-hydrogen) atoms. The smallest absolute Gasteiger partial charge is 0.309 e. The minimum Gasteiger partial charge on any atom is -0.457 e. The van der Waals surface area contributed by atoms with Crippen molar-refractivity contribution in [3.8, 4) is 5.69 Å². The van der Waals surface area contributed by atoms with Crippen molar-refractivity contribution >= 4 is 16.9 Å². The first-order chi connectivity index (χ1) is 14.1. The zero-order valence-electron chi connectivity index (χ0n) is 15.9. The van der Waals surface area contributed by atoms with Crippen LogP contribution in [0.2, 0.25) is 0 Å². The Morgan fingerprint density at radius 1 is 1.10 bits per heavy atom. The van der Waals surface area contributed by atoms with Crippen LogP contribution in [0, 0.1) is 23.6 Å². The highest BCUT2D eigenvalue weighted by molar-refractivity contribution is 5.78. The SMILES string of the molecule is O=C(OCc1nc2ccccc2c(=O)n1-c1ccc(F)cc1)[C@H]1C[C@H]2CC[C@H]1C2. The molecule has 0 amide bonds. The number of nitrogens with zero attached hydrogens (tertiary/aromatic N) is 2. The number of para-hydroxylation sites is 1. The summed E-state index contributed by atoms with van der Waals surface area (Å²) in [6, 6.07) is 12.7. The van der Waals surface area contributed by atoms with Gasteiger partial charge in [-0.1, -0.05) is 18.6 Å². The van der Waals surface area contributed by atoms with Crippen molar-refractivity contribution in [1.82, 2.24) is 9.55 Å². The Hall–Kier alpha value is -3.02. The van der Waals surface area contributed by atoms with Crippen molar-refractivity contribution in [1.29, 1.82) is 0 Å². The van der Waals surface area contributed by atoms with Gasteiger partial charge in [-0.15, -0.1) is 0 Å².